The molecule has 1 rings (SSSR count). The van der Waals surface area contributed by atoms with E-state index >= 15 is 0 Å². The molecule has 1 atom stereocenters. The van der Waals surface area contributed by atoms with Gasteiger partial charge in [0.1, 0.15) is 0 Å². The van der Waals surface area contributed by atoms with Crippen molar-refractivity contribution in [3.05, 3.63) is 78.1 Å². The molecule has 1 aromatic rings. The van der Waals surface area contributed by atoms with Gasteiger partial charge in [-0.05, 0) is 42.5 Å². The summed E-state index contributed by atoms with van der Waals surface area (Å²) < 4.78 is 5.84. The average molecular weight is 393 g/mol. The quantitative estimate of drug-likeness (QED) is 0.297. The zero-order valence-electron chi connectivity index (χ0n) is 18.4. The van der Waals surface area contributed by atoms with E-state index in [1.807, 2.05) is 31.4 Å². The number of allylic oxidation sites excluding steroid dienone is 7. The van der Waals surface area contributed by atoms with Crippen molar-refractivity contribution in [1.82, 2.24) is 4.98 Å². The van der Waals surface area contributed by atoms with Gasteiger partial charge in [-0.2, -0.15) is 0 Å². The molecular weight excluding hydrogens is 356 g/mol. The monoisotopic (exact) mass is 392 g/mol. The molecule has 0 aliphatic heterocycles. The minimum Gasteiger partial charge on any atom is -0.377 e. The second-order valence-corrected chi connectivity index (χ2v) is 7.22. The Kier molecular flexibility index (Phi) is 12.1. The summed E-state index contributed by atoms with van der Waals surface area (Å²) >= 11 is 0. The maximum atomic E-state index is 5.84. The van der Waals surface area contributed by atoms with Crippen LogP contribution in [0.5, 0.6) is 0 Å². The molecule has 3 heteroatoms. The van der Waals surface area contributed by atoms with Crippen molar-refractivity contribution in [1.29, 1.82) is 0 Å². The molecule has 0 bridgehead atoms. The van der Waals surface area contributed by atoms with Crippen LogP contribution in [0, 0.1) is 11.8 Å². The predicted octanol–water partition coefficient (Wildman–Crippen LogP) is 5.19. The average Bonchev–Trinajstić information content (AvgIpc) is 3.07. The molecule has 1 heterocycles. The number of aliphatic imine (C=N–C) groups is 1. The number of H-pyrrole nitrogens is 1. The summed E-state index contributed by atoms with van der Waals surface area (Å²) in [6.45, 7) is 17.2. The zero-order chi connectivity index (χ0) is 21.5. The Morgan fingerprint density at radius 1 is 1.21 bits per heavy atom. The number of rotatable bonds is 12. The van der Waals surface area contributed by atoms with E-state index in [-0.39, 0.29) is 0 Å². The van der Waals surface area contributed by atoms with E-state index in [1.54, 1.807) is 12.3 Å². The molecule has 1 N–H and O–H groups in total. The Hall–Kier alpha value is -2.65. The number of hydrogen-bond donors (Lipinski definition) is 1. The third-order valence-electron chi connectivity index (χ3n) is 4.25. The van der Waals surface area contributed by atoms with Gasteiger partial charge >= 0.3 is 0 Å². The van der Waals surface area contributed by atoms with Gasteiger partial charge in [0.15, 0.2) is 0 Å². The highest BCUT2D eigenvalue weighted by atomic mass is 16.5. The van der Waals surface area contributed by atoms with Crippen LogP contribution in [0.2, 0.25) is 0 Å². The fraction of sp³-hybridized carbons (Fsp3) is 0.346. The Balaban J connectivity index is 2.81. The van der Waals surface area contributed by atoms with Gasteiger partial charge in [0.05, 0.1) is 6.61 Å². The summed E-state index contributed by atoms with van der Waals surface area (Å²) in [4.78, 5) is 7.64. The van der Waals surface area contributed by atoms with Crippen LogP contribution in [0.4, 0.5) is 0 Å². The van der Waals surface area contributed by atoms with Crippen LogP contribution in [0.1, 0.15) is 39.8 Å². The van der Waals surface area contributed by atoms with Crippen LogP contribution in [0.3, 0.4) is 0 Å². The van der Waals surface area contributed by atoms with Gasteiger partial charge in [-0.3, -0.25) is 4.99 Å². The highest BCUT2D eigenvalue weighted by Gasteiger charge is 2.02. The van der Waals surface area contributed by atoms with Gasteiger partial charge in [0, 0.05) is 35.6 Å². The van der Waals surface area contributed by atoms with Gasteiger partial charge in [-0.25, -0.2) is 0 Å². The van der Waals surface area contributed by atoms with Crippen molar-refractivity contribution in [3.63, 3.8) is 0 Å². The number of nitrogens with one attached hydrogen (secondary N) is 1. The van der Waals surface area contributed by atoms with E-state index in [0.29, 0.717) is 18.4 Å². The van der Waals surface area contributed by atoms with E-state index in [2.05, 4.69) is 74.3 Å². The molecule has 0 saturated heterocycles. The van der Waals surface area contributed by atoms with Crippen molar-refractivity contribution >= 4 is 23.9 Å². The maximum absolute atomic E-state index is 5.84. The van der Waals surface area contributed by atoms with Crippen LogP contribution >= 0.6 is 0 Å². The van der Waals surface area contributed by atoms with Gasteiger partial charge in [-0.15, -0.1) is 0 Å². The maximum Gasteiger partial charge on any atom is 0.0670 e. The summed E-state index contributed by atoms with van der Waals surface area (Å²) in [6, 6.07) is 2.17. The molecule has 0 saturated carbocycles. The normalized spacial score (nSPS) is 15.4. The number of aromatic amines is 1. The van der Waals surface area contributed by atoms with E-state index in [9.17, 15) is 0 Å². The van der Waals surface area contributed by atoms with E-state index in [4.69, 9.17) is 4.74 Å². The molecule has 0 aromatic carbocycles. The molecular formula is C26H36N2O. The lowest BCUT2D eigenvalue weighted by molar-refractivity contribution is 0.159. The van der Waals surface area contributed by atoms with E-state index in [1.165, 1.54) is 5.22 Å². The summed E-state index contributed by atoms with van der Waals surface area (Å²) in [5, 5.41) is 2.28. The zero-order valence-corrected chi connectivity index (χ0v) is 18.4. The minimum absolute atomic E-state index is 0.463. The van der Waals surface area contributed by atoms with E-state index < -0.39 is 0 Å². The molecule has 0 aliphatic carbocycles. The molecule has 0 aliphatic rings. The lowest BCUT2D eigenvalue weighted by atomic mass is 10.1. The summed E-state index contributed by atoms with van der Waals surface area (Å²) in [6.07, 6.45) is 20.7. The third kappa shape index (κ3) is 9.91. The molecule has 1 unspecified atom stereocenters. The molecule has 3 nitrogen and oxygen atoms in total. The Morgan fingerprint density at radius 3 is 2.66 bits per heavy atom. The predicted molar refractivity (Wildman–Crippen MR) is 129 cm³/mol. The molecule has 0 fully saturated rings. The molecule has 0 amide bonds. The fourth-order valence-corrected chi connectivity index (χ4v) is 2.73. The summed E-state index contributed by atoms with van der Waals surface area (Å²) in [7, 11) is 0. The van der Waals surface area contributed by atoms with Crippen LogP contribution < -0.4 is 10.6 Å². The van der Waals surface area contributed by atoms with Crippen LogP contribution in [0.15, 0.2) is 66.9 Å². The first-order chi connectivity index (χ1) is 14.0. The van der Waals surface area contributed by atoms with Gasteiger partial charge in [0.2, 0.25) is 0 Å². The smallest absolute Gasteiger partial charge is 0.0670 e. The second kappa shape index (κ2) is 14.4. The topological polar surface area (TPSA) is 37.4 Å². The third-order valence-corrected chi connectivity index (χ3v) is 4.25. The fourth-order valence-electron chi connectivity index (χ4n) is 2.73. The van der Waals surface area contributed by atoms with Crippen molar-refractivity contribution in [2.75, 3.05) is 13.2 Å². The summed E-state index contributed by atoms with van der Waals surface area (Å²) in [5.74, 6) is 0.943. The highest BCUT2D eigenvalue weighted by Crippen LogP contribution is 2.07. The number of aromatic nitrogens is 1. The Morgan fingerprint density at radius 2 is 2.00 bits per heavy atom. The van der Waals surface area contributed by atoms with Crippen LogP contribution in [-0.4, -0.2) is 24.4 Å². The molecule has 156 valence electrons. The van der Waals surface area contributed by atoms with Crippen molar-refractivity contribution < 1.29 is 4.74 Å². The lowest BCUT2D eigenvalue weighted by Crippen LogP contribution is -2.23. The number of nitrogens with zero attached hydrogens (tertiary/aromatic N) is 1. The minimum atomic E-state index is 0.463. The van der Waals surface area contributed by atoms with Gasteiger partial charge < -0.3 is 9.72 Å². The van der Waals surface area contributed by atoms with Crippen LogP contribution in [-0.2, 0) is 4.74 Å². The molecule has 29 heavy (non-hydrogen) atoms. The molecule has 1 aromatic heterocycles. The standard InChI is InChI=1S/C26H36N2O/c1-7-10-11-12-13-22(6)14-16-29-17-15-25-24(18-21(4)5)19-26(28-25)23(8-2)20-27-9-3/h7-13,15,18-22,28H,1,3,14,16-17H2,2,4-6H3/b11-10-,13-12-,23-8+,24-18-,25-15+,27-20?. The number of ether oxygens (including phenoxy) is 1. The summed E-state index contributed by atoms with van der Waals surface area (Å²) in [5.41, 5.74) is 2.08. The number of hydrogen-bond acceptors (Lipinski definition) is 2. The molecule has 0 spiro atoms. The van der Waals surface area contributed by atoms with Crippen molar-refractivity contribution in [2.24, 2.45) is 16.8 Å². The largest absolute Gasteiger partial charge is 0.377 e. The van der Waals surface area contributed by atoms with Crippen molar-refractivity contribution in [2.45, 2.75) is 34.1 Å². The first-order valence-electron chi connectivity index (χ1n) is 10.3. The van der Waals surface area contributed by atoms with Gasteiger partial charge in [0.25, 0.3) is 0 Å². The Bertz CT molecular complexity index is 863. The lowest BCUT2D eigenvalue weighted by Gasteiger charge is -2.05. The SMILES string of the molecule is C=C/C=C\C=C/C(C)CCOC/C=c1/[nH]c(/C(C=NC=C)=C/C)c/c1=C/C(C)C. The highest BCUT2D eigenvalue weighted by molar-refractivity contribution is 6.09. The molecule has 0 radical (unpaired) electrons. The van der Waals surface area contributed by atoms with E-state index in [0.717, 1.165) is 29.6 Å². The Labute approximate surface area is 176 Å². The second-order valence-electron chi connectivity index (χ2n) is 7.22. The van der Waals surface area contributed by atoms with Crippen LogP contribution in [0.25, 0.3) is 17.7 Å². The first kappa shape index (κ1) is 24.4. The first-order valence-corrected chi connectivity index (χ1v) is 10.3. The van der Waals surface area contributed by atoms with Gasteiger partial charge in [-0.1, -0.05) is 76.5 Å². The van der Waals surface area contributed by atoms with Crippen molar-refractivity contribution in [3.8, 4) is 0 Å².